The molecule has 0 aliphatic carbocycles. The first kappa shape index (κ1) is 28.7. The Kier molecular flexibility index (Phi) is 7.64. The molecule has 0 fully saturated rings. The van der Waals surface area contributed by atoms with Crippen LogP contribution in [0.15, 0.2) is 89.9 Å². The van der Waals surface area contributed by atoms with E-state index in [1.807, 2.05) is 24.3 Å². The Balaban J connectivity index is 1.76. The van der Waals surface area contributed by atoms with Gasteiger partial charge in [0.2, 0.25) is 0 Å². The highest BCUT2D eigenvalue weighted by atomic mass is 19.4. The van der Waals surface area contributed by atoms with Crippen molar-refractivity contribution in [2.75, 3.05) is 19.1 Å². The molecule has 1 N–H and O–H groups in total. The highest BCUT2D eigenvalue weighted by Gasteiger charge is 2.41. The second-order valence-corrected chi connectivity index (χ2v) is 9.75. The lowest BCUT2D eigenvalue weighted by Gasteiger charge is -2.41. The number of alkyl halides is 3. The number of fused-ring (bicyclic) bond motifs is 1. The molecular weight excluding hydrogens is 552 g/mol. The van der Waals surface area contributed by atoms with Gasteiger partial charge >= 0.3 is 12.1 Å². The van der Waals surface area contributed by atoms with Gasteiger partial charge in [-0.05, 0) is 54.4 Å². The number of hydrogen-bond acceptors (Lipinski definition) is 5. The Labute approximate surface area is 239 Å². The fraction of sp³-hybridized carbons (Fsp3) is 0.188. The molecule has 1 aliphatic rings. The summed E-state index contributed by atoms with van der Waals surface area (Å²) in [5.41, 5.74) is 1.23. The second-order valence-electron chi connectivity index (χ2n) is 9.75. The van der Waals surface area contributed by atoms with Crippen molar-refractivity contribution in [1.82, 2.24) is 0 Å². The van der Waals surface area contributed by atoms with E-state index >= 15 is 4.39 Å². The normalized spacial score (nSPS) is 15.5. The Bertz CT molecular complexity index is 1670. The number of aliphatic carboxylic acids is 1. The van der Waals surface area contributed by atoms with Gasteiger partial charge < -0.3 is 19.5 Å². The quantitative estimate of drug-likeness (QED) is 0.226. The van der Waals surface area contributed by atoms with E-state index in [1.54, 1.807) is 31.4 Å². The Morgan fingerprint density at radius 1 is 0.905 bits per heavy atom. The molecule has 5 rings (SSSR count). The van der Waals surface area contributed by atoms with Gasteiger partial charge in [0.1, 0.15) is 28.8 Å². The van der Waals surface area contributed by atoms with Gasteiger partial charge in [-0.1, -0.05) is 48.5 Å². The maximum absolute atomic E-state index is 15.2. The lowest BCUT2D eigenvalue weighted by molar-refractivity contribution is -0.142. The predicted molar refractivity (Wildman–Crippen MR) is 151 cm³/mol. The van der Waals surface area contributed by atoms with Crippen LogP contribution in [-0.4, -0.2) is 31.1 Å². The minimum atomic E-state index is -4.69. The number of amidine groups is 1. The zero-order chi connectivity index (χ0) is 30.2. The third-order valence-corrected chi connectivity index (χ3v) is 7.24. The second kappa shape index (κ2) is 11.2. The molecule has 4 aromatic carbocycles. The van der Waals surface area contributed by atoms with Crippen molar-refractivity contribution in [2.24, 2.45) is 10.9 Å². The predicted octanol–water partition coefficient (Wildman–Crippen LogP) is 7.89. The molecule has 2 atom stereocenters. The number of carboxylic acids is 1. The average molecular weight is 579 g/mol. The van der Waals surface area contributed by atoms with Crippen LogP contribution in [0.4, 0.5) is 28.9 Å². The van der Waals surface area contributed by atoms with Crippen molar-refractivity contribution in [3.8, 4) is 22.6 Å². The summed E-state index contributed by atoms with van der Waals surface area (Å²) in [7, 11) is 2.87. The Hall–Kier alpha value is -4.86. The van der Waals surface area contributed by atoms with E-state index in [-0.39, 0.29) is 28.5 Å². The molecule has 2 unspecified atom stereocenters. The molecule has 216 valence electrons. The van der Waals surface area contributed by atoms with Crippen molar-refractivity contribution >= 4 is 23.2 Å². The molecule has 0 spiro atoms. The molecular formula is C32H26F4N2O4. The van der Waals surface area contributed by atoms with Crippen molar-refractivity contribution < 1.29 is 36.9 Å². The number of nitrogens with zero attached hydrogens (tertiary/aromatic N) is 2. The van der Waals surface area contributed by atoms with Gasteiger partial charge in [-0.2, -0.15) is 13.2 Å². The van der Waals surface area contributed by atoms with E-state index < -0.39 is 35.5 Å². The smallest absolute Gasteiger partial charge is 0.416 e. The highest BCUT2D eigenvalue weighted by Crippen LogP contribution is 2.48. The monoisotopic (exact) mass is 578 g/mol. The lowest BCUT2D eigenvalue weighted by Crippen LogP contribution is -2.43. The summed E-state index contributed by atoms with van der Waals surface area (Å²) in [5.74, 6) is -2.30. The maximum atomic E-state index is 15.2. The van der Waals surface area contributed by atoms with Crippen molar-refractivity contribution in [1.29, 1.82) is 0 Å². The van der Waals surface area contributed by atoms with Gasteiger partial charge in [0, 0.05) is 11.1 Å². The first-order valence-electron chi connectivity index (χ1n) is 12.9. The van der Waals surface area contributed by atoms with Crippen LogP contribution in [0.1, 0.15) is 29.7 Å². The van der Waals surface area contributed by atoms with Gasteiger partial charge in [-0.15, -0.1) is 0 Å². The fourth-order valence-corrected chi connectivity index (χ4v) is 5.08. The number of ether oxygens (including phenoxy) is 2. The van der Waals surface area contributed by atoms with E-state index in [2.05, 4.69) is 4.99 Å². The van der Waals surface area contributed by atoms with Crippen LogP contribution < -0.4 is 14.4 Å². The van der Waals surface area contributed by atoms with Crippen molar-refractivity contribution in [3.05, 3.63) is 107 Å². The SMILES string of the molecule is COc1cccc(-c2ccc(C3=Nc4c(F)cccc4C(C(C)C(=O)O)N3c3cc(C(F)(F)F)ccc3OC)cc2)c1. The molecule has 0 bridgehead atoms. The number of methoxy groups -OCH3 is 2. The van der Waals surface area contributed by atoms with E-state index in [9.17, 15) is 23.1 Å². The van der Waals surface area contributed by atoms with Crippen molar-refractivity contribution in [3.63, 3.8) is 0 Å². The van der Waals surface area contributed by atoms with Gasteiger partial charge in [0.05, 0.1) is 37.4 Å². The fourth-order valence-electron chi connectivity index (χ4n) is 5.08. The zero-order valence-corrected chi connectivity index (χ0v) is 22.8. The summed E-state index contributed by atoms with van der Waals surface area (Å²) in [5, 5.41) is 10.1. The first-order valence-corrected chi connectivity index (χ1v) is 12.9. The van der Waals surface area contributed by atoms with Gasteiger partial charge in [-0.3, -0.25) is 4.79 Å². The number of carbonyl (C=O) groups is 1. The van der Waals surface area contributed by atoms with Crippen LogP contribution in [-0.2, 0) is 11.0 Å². The molecule has 42 heavy (non-hydrogen) atoms. The number of carboxylic acid groups (broad SMARTS) is 1. The maximum Gasteiger partial charge on any atom is 0.416 e. The molecule has 4 aromatic rings. The van der Waals surface area contributed by atoms with E-state index in [1.165, 1.54) is 43.2 Å². The van der Waals surface area contributed by atoms with Crippen LogP contribution in [0.5, 0.6) is 11.5 Å². The Morgan fingerprint density at radius 2 is 1.60 bits per heavy atom. The molecule has 1 aliphatic heterocycles. The number of para-hydroxylation sites is 1. The summed E-state index contributed by atoms with van der Waals surface area (Å²) in [6.07, 6.45) is -4.69. The van der Waals surface area contributed by atoms with Crippen LogP contribution in [0.3, 0.4) is 0 Å². The van der Waals surface area contributed by atoms with E-state index in [0.29, 0.717) is 11.3 Å². The first-order chi connectivity index (χ1) is 20.0. The molecule has 0 aromatic heterocycles. The van der Waals surface area contributed by atoms with Crippen LogP contribution >= 0.6 is 0 Å². The highest BCUT2D eigenvalue weighted by molar-refractivity contribution is 6.14. The Morgan fingerprint density at radius 3 is 2.24 bits per heavy atom. The summed E-state index contributed by atoms with van der Waals surface area (Å²) < 4.78 is 67.6. The zero-order valence-electron chi connectivity index (χ0n) is 22.8. The molecule has 10 heteroatoms. The van der Waals surface area contributed by atoms with E-state index in [4.69, 9.17) is 9.47 Å². The van der Waals surface area contributed by atoms with Gasteiger partial charge in [-0.25, -0.2) is 9.38 Å². The number of hydrogen-bond donors (Lipinski definition) is 1. The summed E-state index contributed by atoms with van der Waals surface area (Å²) in [6.45, 7) is 1.42. The minimum absolute atomic E-state index is 0.0593. The van der Waals surface area contributed by atoms with Crippen LogP contribution in [0, 0.1) is 11.7 Å². The molecule has 0 saturated carbocycles. The minimum Gasteiger partial charge on any atom is -0.497 e. The molecule has 0 radical (unpaired) electrons. The lowest BCUT2D eigenvalue weighted by atomic mass is 9.88. The van der Waals surface area contributed by atoms with Gasteiger partial charge in [0.25, 0.3) is 0 Å². The average Bonchev–Trinajstić information content (AvgIpc) is 2.99. The third-order valence-electron chi connectivity index (χ3n) is 7.24. The number of rotatable bonds is 7. The third kappa shape index (κ3) is 5.27. The molecule has 0 amide bonds. The number of halogens is 4. The van der Waals surface area contributed by atoms with Crippen LogP contribution in [0.25, 0.3) is 11.1 Å². The largest absolute Gasteiger partial charge is 0.497 e. The van der Waals surface area contributed by atoms with Gasteiger partial charge in [0.15, 0.2) is 0 Å². The molecule has 6 nitrogen and oxygen atoms in total. The molecule has 1 heterocycles. The summed E-state index contributed by atoms with van der Waals surface area (Å²) >= 11 is 0. The standard InChI is InChI=1S/C32H26F4N2O4/c1-18(31(39)40)29-24-8-5-9-25(33)28(24)37-30(38(29)26-17-22(32(34,35)36)14-15-27(26)42-3)20-12-10-19(11-13-20)21-6-4-7-23(16-21)41-2/h4-18,29H,1-3H3,(H,39,40). The summed E-state index contributed by atoms with van der Waals surface area (Å²) in [6, 6.07) is 20.4. The number of anilines is 1. The number of benzene rings is 4. The van der Waals surface area contributed by atoms with Crippen LogP contribution in [0.2, 0.25) is 0 Å². The van der Waals surface area contributed by atoms with E-state index in [0.717, 1.165) is 23.3 Å². The number of aliphatic imine (C=N–C) groups is 1. The summed E-state index contributed by atoms with van der Waals surface area (Å²) in [4.78, 5) is 18.3. The van der Waals surface area contributed by atoms with Crippen molar-refractivity contribution in [2.45, 2.75) is 19.1 Å². The molecule has 0 saturated heterocycles. The topological polar surface area (TPSA) is 71.4 Å².